The van der Waals surface area contributed by atoms with Crippen LogP contribution in [0.4, 0.5) is 5.69 Å². The fraction of sp³-hybridized carbons (Fsp3) is 0.233. The van der Waals surface area contributed by atoms with Crippen molar-refractivity contribution in [2.45, 2.75) is 38.2 Å². The van der Waals surface area contributed by atoms with Crippen molar-refractivity contribution in [3.63, 3.8) is 0 Å². The molecule has 0 atom stereocenters. The fourth-order valence-corrected chi connectivity index (χ4v) is 8.67. The number of piperidine rings is 1. The van der Waals surface area contributed by atoms with E-state index >= 15 is 0 Å². The predicted molar refractivity (Wildman–Crippen MR) is 209 cm³/mol. The van der Waals surface area contributed by atoms with Gasteiger partial charge in [0.15, 0.2) is 5.75 Å². The first-order valence-corrected chi connectivity index (χ1v) is 19.4. The van der Waals surface area contributed by atoms with Gasteiger partial charge in [0.25, 0.3) is 0 Å². The second-order valence-electron chi connectivity index (χ2n) is 13.6. The summed E-state index contributed by atoms with van der Waals surface area (Å²) in [6.45, 7) is 4.97. The van der Waals surface area contributed by atoms with Crippen molar-refractivity contribution in [2.75, 3.05) is 31.1 Å². The Morgan fingerprint density at radius 3 is 2.35 bits per heavy atom. The van der Waals surface area contributed by atoms with Crippen LogP contribution in [0.5, 0.6) is 23.0 Å². The number of ether oxygens (including phenoxy) is 4. The lowest BCUT2D eigenvalue weighted by Gasteiger charge is -2.48. The van der Waals surface area contributed by atoms with Crippen molar-refractivity contribution in [2.24, 2.45) is 0 Å². The molecule has 0 spiro atoms. The van der Waals surface area contributed by atoms with Crippen LogP contribution in [0.15, 0.2) is 120 Å². The summed E-state index contributed by atoms with van der Waals surface area (Å²) in [4.78, 5) is 17.9. The largest absolute Gasteiger partial charge is 0.490 e. The molecular formula is C43H37BrN2O5S. The molecular weight excluding hydrogens is 736 g/mol. The van der Waals surface area contributed by atoms with Gasteiger partial charge in [0.05, 0.1) is 10.4 Å². The minimum absolute atomic E-state index is 0.191. The Morgan fingerprint density at radius 2 is 1.56 bits per heavy atom. The Labute approximate surface area is 315 Å². The van der Waals surface area contributed by atoms with Crippen LogP contribution < -0.4 is 19.1 Å². The highest BCUT2D eigenvalue weighted by molar-refractivity contribution is 9.10. The smallest absolute Gasteiger partial charge is 0.338 e. The first-order chi connectivity index (χ1) is 25.5. The lowest BCUT2D eigenvalue weighted by Crippen LogP contribution is -2.61. The van der Waals surface area contributed by atoms with Gasteiger partial charge in [-0.05, 0) is 96.8 Å². The first kappa shape index (κ1) is 33.0. The molecule has 0 amide bonds. The topological polar surface area (TPSA) is 60.5 Å². The van der Waals surface area contributed by atoms with Crippen LogP contribution >= 0.6 is 27.3 Å². The van der Waals surface area contributed by atoms with E-state index in [2.05, 4.69) is 80.3 Å². The van der Waals surface area contributed by atoms with Crippen molar-refractivity contribution in [3.8, 4) is 33.4 Å². The molecule has 3 aliphatic heterocycles. The van der Waals surface area contributed by atoms with Gasteiger partial charge in [-0.3, -0.25) is 4.90 Å². The highest BCUT2D eigenvalue weighted by Crippen LogP contribution is 2.47. The van der Waals surface area contributed by atoms with E-state index in [-0.39, 0.29) is 12.1 Å². The number of benzene rings is 5. The number of esters is 1. The maximum atomic E-state index is 11.8. The zero-order valence-electron chi connectivity index (χ0n) is 28.5. The molecule has 0 radical (unpaired) electrons. The molecule has 1 aromatic heterocycles. The van der Waals surface area contributed by atoms with Crippen LogP contribution in [0.25, 0.3) is 20.5 Å². The number of rotatable bonds is 10. The molecule has 0 saturated carbocycles. The van der Waals surface area contributed by atoms with E-state index in [0.717, 1.165) is 98.1 Å². The van der Waals surface area contributed by atoms with Gasteiger partial charge in [-0.15, -0.1) is 11.3 Å². The van der Waals surface area contributed by atoms with Crippen LogP contribution in [0.1, 0.15) is 34.3 Å². The number of hydrogen-bond donors (Lipinski definition) is 0. The third-order valence-corrected chi connectivity index (χ3v) is 11.9. The summed E-state index contributed by atoms with van der Waals surface area (Å²) in [6, 6.07) is 39.4. The second kappa shape index (κ2) is 14.3. The molecule has 3 aliphatic rings. The van der Waals surface area contributed by atoms with E-state index in [1.807, 2.05) is 60.7 Å². The minimum atomic E-state index is -0.212. The molecule has 4 heterocycles. The van der Waals surface area contributed by atoms with Gasteiger partial charge >= 0.3 is 5.97 Å². The number of thiophene rings is 1. The van der Waals surface area contributed by atoms with Gasteiger partial charge in [-0.2, -0.15) is 0 Å². The SMILES string of the molecule is O=C1OCc2cc(N3CC(N4CCC(Oc5ccc(Oc6c(-c7ccc(Br)cc7)sc7cc(OCc8ccccc8)ccc67)cc5)CC4)C3)ccc21. The Balaban J connectivity index is 0.826. The van der Waals surface area contributed by atoms with Gasteiger partial charge in [0.2, 0.25) is 0 Å². The van der Waals surface area contributed by atoms with E-state index in [1.54, 1.807) is 11.3 Å². The summed E-state index contributed by atoms with van der Waals surface area (Å²) in [5.41, 5.74) is 5.10. The number of fused-ring (bicyclic) bond motifs is 2. The van der Waals surface area contributed by atoms with Crippen LogP contribution in [-0.2, 0) is 18.0 Å². The predicted octanol–water partition coefficient (Wildman–Crippen LogP) is 10.1. The lowest BCUT2D eigenvalue weighted by atomic mass is 9.99. The van der Waals surface area contributed by atoms with Crippen molar-refractivity contribution in [1.82, 2.24) is 4.90 Å². The first-order valence-electron chi connectivity index (χ1n) is 17.8. The normalized spacial score (nSPS) is 16.4. The zero-order chi connectivity index (χ0) is 35.0. The van der Waals surface area contributed by atoms with Crippen LogP contribution in [-0.4, -0.2) is 49.2 Å². The lowest BCUT2D eigenvalue weighted by molar-refractivity contribution is 0.0535. The zero-order valence-corrected chi connectivity index (χ0v) is 30.9. The molecule has 0 aliphatic carbocycles. The van der Waals surface area contributed by atoms with Crippen molar-refractivity contribution in [1.29, 1.82) is 0 Å². The summed E-state index contributed by atoms with van der Waals surface area (Å²) in [5, 5.41) is 1.05. The molecule has 2 fully saturated rings. The maximum Gasteiger partial charge on any atom is 0.338 e. The molecule has 0 bridgehead atoms. The Morgan fingerprint density at radius 1 is 0.808 bits per heavy atom. The summed E-state index contributed by atoms with van der Waals surface area (Å²) < 4.78 is 26.6. The van der Waals surface area contributed by atoms with E-state index in [4.69, 9.17) is 18.9 Å². The monoisotopic (exact) mass is 772 g/mol. The molecule has 2 saturated heterocycles. The molecule has 6 aromatic rings. The molecule has 9 rings (SSSR count). The third-order valence-electron chi connectivity index (χ3n) is 10.2. The number of carbonyl (C=O) groups excluding carboxylic acids is 1. The molecule has 262 valence electrons. The van der Waals surface area contributed by atoms with Gasteiger partial charge in [-0.25, -0.2) is 4.79 Å². The average molecular weight is 774 g/mol. The number of nitrogens with zero attached hydrogens (tertiary/aromatic N) is 2. The van der Waals surface area contributed by atoms with Crippen molar-refractivity contribution < 1.29 is 23.7 Å². The molecule has 52 heavy (non-hydrogen) atoms. The number of cyclic esters (lactones) is 1. The number of halogens is 1. The van der Waals surface area contributed by atoms with E-state index in [0.29, 0.717) is 24.8 Å². The fourth-order valence-electron chi connectivity index (χ4n) is 7.25. The van der Waals surface area contributed by atoms with Crippen LogP contribution in [0, 0.1) is 0 Å². The molecule has 5 aromatic carbocycles. The van der Waals surface area contributed by atoms with Crippen molar-refractivity contribution in [3.05, 3.63) is 136 Å². The van der Waals surface area contributed by atoms with Gasteiger partial charge in [-0.1, -0.05) is 58.4 Å². The highest BCUT2D eigenvalue weighted by atomic mass is 79.9. The number of hydrogen-bond acceptors (Lipinski definition) is 8. The van der Waals surface area contributed by atoms with Crippen LogP contribution in [0.2, 0.25) is 0 Å². The maximum absolute atomic E-state index is 11.8. The highest BCUT2D eigenvalue weighted by Gasteiger charge is 2.35. The van der Waals surface area contributed by atoms with E-state index in [1.165, 1.54) is 5.69 Å². The van der Waals surface area contributed by atoms with Crippen LogP contribution in [0.3, 0.4) is 0 Å². The quantitative estimate of drug-likeness (QED) is 0.129. The Bertz CT molecular complexity index is 2210. The number of carbonyl (C=O) groups is 1. The second-order valence-corrected chi connectivity index (χ2v) is 15.6. The minimum Gasteiger partial charge on any atom is -0.490 e. The molecule has 0 N–H and O–H groups in total. The standard InChI is InChI=1S/C43H37BrN2O5S/c44-31-8-6-29(7-9-31)42-41(39-17-15-37(23-40(39)52-42)48-26-28-4-2-1-3-5-28)51-35-13-11-34(12-14-35)50-36-18-20-45(21-19-36)33-24-46(25-33)32-10-16-38-30(22-32)27-49-43(38)47/h1-17,22-23,33,36H,18-21,24-27H2. The average Bonchev–Trinajstić information content (AvgIpc) is 3.71. The summed E-state index contributed by atoms with van der Waals surface area (Å²) in [5.74, 6) is 3.09. The summed E-state index contributed by atoms with van der Waals surface area (Å²) in [7, 11) is 0. The van der Waals surface area contributed by atoms with Gasteiger partial charge < -0.3 is 23.8 Å². The summed E-state index contributed by atoms with van der Waals surface area (Å²) >= 11 is 5.28. The molecule has 0 unspecified atom stereocenters. The van der Waals surface area contributed by atoms with Crippen molar-refractivity contribution >= 4 is 49.0 Å². The number of anilines is 1. The number of likely N-dealkylation sites (tertiary alicyclic amines) is 1. The third kappa shape index (κ3) is 6.88. The van der Waals surface area contributed by atoms with Gasteiger partial charge in [0.1, 0.15) is 36.6 Å². The molecule has 7 nitrogen and oxygen atoms in total. The van der Waals surface area contributed by atoms with E-state index < -0.39 is 0 Å². The van der Waals surface area contributed by atoms with Gasteiger partial charge in [0, 0.05) is 58.0 Å². The van der Waals surface area contributed by atoms with E-state index in [9.17, 15) is 4.79 Å². The Kier molecular flexibility index (Phi) is 9.08. The molecule has 9 heteroatoms. The summed E-state index contributed by atoms with van der Waals surface area (Å²) in [6.07, 6.45) is 2.19. The Hall–Kier alpha value is -4.83.